The minimum atomic E-state index is -0.857. The molecule has 0 spiro atoms. The van der Waals surface area contributed by atoms with E-state index in [1.807, 2.05) is 30.3 Å². The molecule has 0 bridgehead atoms. The molecule has 0 heterocycles. The summed E-state index contributed by atoms with van der Waals surface area (Å²) in [6.45, 7) is 0.274. The standard InChI is InChI=1S/C16H23BNO3/c18-16(10-4-8-14(16)9-5-11-17-20)15(19)21-12-13-6-2-1-3-7-13/h1-3,6-7,14,20H,4-5,8-12,18H2. The van der Waals surface area contributed by atoms with Gasteiger partial charge in [-0.3, -0.25) is 4.79 Å². The zero-order valence-electron chi connectivity index (χ0n) is 12.3. The number of hydrogen-bond acceptors (Lipinski definition) is 4. The molecule has 4 nitrogen and oxygen atoms in total. The molecule has 1 aromatic carbocycles. The molecule has 1 radical (unpaired) electrons. The SMILES string of the molecule is NC1(C(=O)OCc2ccccc2)CCCC1CCC[B]O. The van der Waals surface area contributed by atoms with Crippen molar-refractivity contribution in [2.75, 3.05) is 0 Å². The van der Waals surface area contributed by atoms with Crippen LogP contribution in [0.15, 0.2) is 30.3 Å². The van der Waals surface area contributed by atoms with Crippen molar-refractivity contribution in [2.45, 2.75) is 50.6 Å². The second-order valence-electron chi connectivity index (χ2n) is 5.80. The van der Waals surface area contributed by atoms with E-state index in [0.29, 0.717) is 12.7 Å². The number of hydrogen-bond donors (Lipinski definition) is 2. The van der Waals surface area contributed by atoms with Crippen LogP contribution in [-0.4, -0.2) is 24.0 Å². The molecule has 1 aromatic rings. The molecule has 0 aromatic heterocycles. The van der Waals surface area contributed by atoms with Crippen LogP contribution in [0.25, 0.3) is 0 Å². The van der Waals surface area contributed by atoms with E-state index in [2.05, 4.69) is 0 Å². The van der Waals surface area contributed by atoms with Gasteiger partial charge in [0.1, 0.15) is 12.1 Å². The van der Waals surface area contributed by atoms with Crippen molar-refractivity contribution in [1.82, 2.24) is 0 Å². The van der Waals surface area contributed by atoms with E-state index in [-0.39, 0.29) is 18.5 Å². The quantitative estimate of drug-likeness (QED) is 0.457. The maximum atomic E-state index is 12.4. The van der Waals surface area contributed by atoms with Gasteiger partial charge in [-0.2, -0.15) is 0 Å². The largest absolute Gasteiger partial charge is 0.459 e. The molecule has 2 atom stereocenters. The molecule has 1 aliphatic rings. The zero-order valence-corrected chi connectivity index (χ0v) is 12.3. The van der Waals surface area contributed by atoms with Gasteiger partial charge >= 0.3 is 5.97 Å². The van der Waals surface area contributed by atoms with Crippen molar-refractivity contribution in [3.63, 3.8) is 0 Å². The van der Waals surface area contributed by atoms with E-state index in [0.717, 1.165) is 31.2 Å². The highest BCUT2D eigenvalue weighted by molar-refractivity contribution is 6.25. The number of benzene rings is 1. The summed E-state index contributed by atoms with van der Waals surface area (Å²) in [4.78, 5) is 12.4. The number of esters is 1. The first-order valence-electron chi connectivity index (χ1n) is 7.63. The molecular formula is C16H23BNO3. The van der Waals surface area contributed by atoms with Gasteiger partial charge in [-0.1, -0.05) is 49.5 Å². The van der Waals surface area contributed by atoms with Gasteiger partial charge in [-0.15, -0.1) is 0 Å². The average Bonchev–Trinajstić information content (AvgIpc) is 2.89. The lowest BCUT2D eigenvalue weighted by Crippen LogP contribution is -2.51. The smallest absolute Gasteiger partial charge is 0.326 e. The van der Waals surface area contributed by atoms with Crippen molar-refractivity contribution in [3.8, 4) is 0 Å². The normalized spacial score (nSPS) is 24.8. The average molecular weight is 288 g/mol. The van der Waals surface area contributed by atoms with Crippen molar-refractivity contribution < 1.29 is 14.6 Å². The Morgan fingerprint density at radius 2 is 2.19 bits per heavy atom. The Balaban J connectivity index is 1.89. The Kier molecular flexibility index (Phi) is 5.82. The summed E-state index contributed by atoms with van der Waals surface area (Å²) in [6, 6.07) is 9.64. The number of carbonyl (C=O) groups excluding carboxylic acids is 1. The fourth-order valence-corrected chi connectivity index (χ4v) is 3.09. The van der Waals surface area contributed by atoms with Gasteiger partial charge in [0.15, 0.2) is 0 Å². The molecule has 0 saturated heterocycles. The summed E-state index contributed by atoms with van der Waals surface area (Å²) in [7, 11) is 1.17. The zero-order chi connectivity index (χ0) is 15.1. The molecule has 1 fully saturated rings. The summed E-state index contributed by atoms with van der Waals surface area (Å²) < 4.78 is 5.43. The van der Waals surface area contributed by atoms with E-state index < -0.39 is 5.54 Å². The van der Waals surface area contributed by atoms with Gasteiger partial charge in [0, 0.05) is 0 Å². The van der Waals surface area contributed by atoms with Crippen LogP contribution in [-0.2, 0) is 16.1 Å². The predicted octanol–water partition coefficient (Wildman–Crippen LogP) is 2.04. The van der Waals surface area contributed by atoms with Crippen LogP contribution < -0.4 is 5.73 Å². The highest BCUT2D eigenvalue weighted by Gasteiger charge is 2.46. The molecule has 0 aliphatic heterocycles. The molecule has 0 amide bonds. The maximum Gasteiger partial charge on any atom is 0.326 e. The number of ether oxygens (including phenoxy) is 1. The summed E-state index contributed by atoms with van der Waals surface area (Å²) >= 11 is 0. The van der Waals surface area contributed by atoms with Gasteiger partial charge in [-0.05, 0) is 30.7 Å². The van der Waals surface area contributed by atoms with E-state index in [1.165, 1.54) is 7.48 Å². The Labute approximate surface area is 127 Å². The third-order valence-corrected chi connectivity index (χ3v) is 4.35. The number of nitrogens with two attached hydrogens (primary N) is 1. The van der Waals surface area contributed by atoms with E-state index in [4.69, 9.17) is 15.5 Å². The summed E-state index contributed by atoms with van der Waals surface area (Å²) in [5.74, 6) is -0.137. The molecule has 1 saturated carbocycles. The maximum absolute atomic E-state index is 12.4. The van der Waals surface area contributed by atoms with Gasteiger partial charge in [0.05, 0.1) is 0 Å². The highest BCUT2D eigenvalue weighted by atomic mass is 16.5. The van der Waals surface area contributed by atoms with Crippen LogP contribution >= 0.6 is 0 Å². The summed E-state index contributed by atoms with van der Waals surface area (Å²) in [5, 5.41) is 8.74. The molecule has 5 heteroatoms. The van der Waals surface area contributed by atoms with Crippen LogP contribution in [0.4, 0.5) is 0 Å². The van der Waals surface area contributed by atoms with Crippen LogP contribution in [0.1, 0.15) is 37.7 Å². The fourth-order valence-electron chi connectivity index (χ4n) is 3.09. The van der Waals surface area contributed by atoms with Gasteiger partial charge in [-0.25, -0.2) is 0 Å². The minimum Gasteiger partial charge on any atom is -0.459 e. The first-order chi connectivity index (χ1) is 10.2. The Morgan fingerprint density at radius 1 is 1.43 bits per heavy atom. The number of rotatable bonds is 7. The van der Waals surface area contributed by atoms with Crippen molar-refractivity contribution in [3.05, 3.63) is 35.9 Å². The second kappa shape index (κ2) is 7.62. The van der Waals surface area contributed by atoms with Crippen LogP contribution in [0.5, 0.6) is 0 Å². The molecule has 1 aliphatic carbocycles. The van der Waals surface area contributed by atoms with Gasteiger partial charge in [0.2, 0.25) is 0 Å². The Morgan fingerprint density at radius 3 is 2.90 bits per heavy atom. The number of carbonyl (C=O) groups is 1. The molecule has 2 rings (SSSR count). The lowest BCUT2D eigenvalue weighted by Gasteiger charge is -2.29. The molecule has 2 unspecified atom stereocenters. The van der Waals surface area contributed by atoms with E-state index in [9.17, 15) is 4.79 Å². The lowest BCUT2D eigenvalue weighted by atomic mass is 9.81. The van der Waals surface area contributed by atoms with E-state index in [1.54, 1.807) is 0 Å². The monoisotopic (exact) mass is 288 g/mol. The Hall–Kier alpha value is -1.33. The Bertz CT molecular complexity index is 454. The molecule has 21 heavy (non-hydrogen) atoms. The van der Waals surface area contributed by atoms with Crippen molar-refractivity contribution >= 4 is 13.5 Å². The summed E-state index contributed by atoms with van der Waals surface area (Å²) in [6.07, 6.45) is 4.96. The summed E-state index contributed by atoms with van der Waals surface area (Å²) in [5.41, 5.74) is 6.46. The first kappa shape index (κ1) is 16.1. The van der Waals surface area contributed by atoms with Crippen molar-refractivity contribution in [1.29, 1.82) is 0 Å². The molecule has 3 N–H and O–H groups in total. The molecular weight excluding hydrogens is 265 g/mol. The third-order valence-electron chi connectivity index (χ3n) is 4.35. The fraction of sp³-hybridized carbons (Fsp3) is 0.562. The van der Waals surface area contributed by atoms with Crippen molar-refractivity contribution in [2.24, 2.45) is 11.7 Å². The van der Waals surface area contributed by atoms with Gasteiger partial charge in [0.25, 0.3) is 7.48 Å². The predicted molar refractivity (Wildman–Crippen MR) is 82.5 cm³/mol. The minimum absolute atomic E-state index is 0.153. The molecule has 113 valence electrons. The third kappa shape index (κ3) is 4.08. The topological polar surface area (TPSA) is 72.6 Å². The first-order valence-corrected chi connectivity index (χ1v) is 7.63. The van der Waals surface area contributed by atoms with Crippen LogP contribution in [0.2, 0.25) is 6.32 Å². The van der Waals surface area contributed by atoms with E-state index >= 15 is 0 Å². The highest BCUT2D eigenvalue weighted by Crippen LogP contribution is 2.38. The van der Waals surface area contributed by atoms with Crippen LogP contribution in [0.3, 0.4) is 0 Å². The second-order valence-corrected chi connectivity index (χ2v) is 5.80. The van der Waals surface area contributed by atoms with Crippen LogP contribution in [0, 0.1) is 5.92 Å². The lowest BCUT2D eigenvalue weighted by molar-refractivity contribution is -0.153. The van der Waals surface area contributed by atoms with Gasteiger partial charge < -0.3 is 15.5 Å².